The second-order valence-electron chi connectivity index (χ2n) is 10.6. The van der Waals surface area contributed by atoms with Gasteiger partial charge in [-0.2, -0.15) is 5.10 Å². The van der Waals surface area contributed by atoms with Crippen molar-refractivity contribution in [3.05, 3.63) is 82.8 Å². The summed E-state index contributed by atoms with van der Waals surface area (Å²) in [5.41, 5.74) is 3.08. The Labute approximate surface area is 267 Å². The molecule has 2 aromatic carbocycles. The number of benzene rings is 2. The summed E-state index contributed by atoms with van der Waals surface area (Å²) in [6.07, 6.45) is 3.64. The molecule has 0 radical (unpaired) electrons. The molecule has 4 aromatic rings. The third-order valence-electron chi connectivity index (χ3n) is 7.19. The van der Waals surface area contributed by atoms with Crippen LogP contribution in [-0.4, -0.2) is 72.5 Å². The fourth-order valence-corrected chi connectivity index (χ4v) is 4.97. The SMILES string of the molecule is CCN(C(=O)OCOC(=O)c1ccc(OP(=O)(O)O)cc1)C(=O)c1cn2ncnc(Nc3cc(C(=O)NC4CC4)ccc3C)c2c1C. The van der Waals surface area contributed by atoms with Crippen LogP contribution >= 0.6 is 7.82 Å². The number of rotatable bonds is 11. The first-order valence-electron chi connectivity index (χ1n) is 14.4. The van der Waals surface area contributed by atoms with Crippen molar-refractivity contribution in [1.29, 1.82) is 0 Å². The molecule has 5 rings (SSSR count). The number of carbonyl (C=O) groups is 4. The van der Waals surface area contributed by atoms with Crippen LogP contribution < -0.4 is 15.2 Å². The Kier molecular flexibility index (Phi) is 9.56. The molecule has 3 amide bonds. The predicted molar refractivity (Wildman–Crippen MR) is 165 cm³/mol. The molecule has 4 N–H and O–H groups in total. The molecule has 0 unspecified atom stereocenters. The fraction of sp³-hybridized carbons (Fsp3) is 0.267. The monoisotopic (exact) mass is 666 g/mol. The maximum Gasteiger partial charge on any atom is 0.524 e. The second kappa shape index (κ2) is 13.6. The van der Waals surface area contributed by atoms with Crippen LogP contribution in [0.15, 0.2) is 55.0 Å². The van der Waals surface area contributed by atoms with Gasteiger partial charge in [-0.05, 0) is 81.1 Å². The van der Waals surface area contributed by atoms with E-state index in [-0.39, 0.29) is 35.4 Å². The van der Waals surface area contributed by atoms with Gasteiger partial charge in [-0.1, -0.05) is 6.07 Å². The van der Waals surface area contributed by atoms with E-state index in [4.69, 9.17) is 19.3 Å². The Morgan fingerprint density at radius 1 is 1.04 bits per heavy atom. The topological polar surface area (TPSA) is 211 Å². The second-order valence-corrected chi connectivity index (χ2v) is 11.8. The summed E-state index contributed by atoms with van der Waals surface area (Å²) in [5, 5.41) is 10.4. The highest BCUT2D eigenvalue weighted by molar-refractivity contribution is 7.46. The van der Waals surface area contributed by atoms with E-state index < -0.39 is 32.6 Å². The Morgan fingerprint density at radius 2 is 1.74 bits per heavy atom. The van der Waals surface area contributed by atoms with E-state index in [2.05, 4.69) is 25.2 Å². The van der Waals surface area contributed by atoms with E-state index in [1.807, 2.05) is 13.0 Å². The number of hydrogen-bond donors (Lipinski definition) is 4. The Balaban J connectivity index is 1.26. The summed E-state index contributed by atoms with van der Waals surface area (Å²) in [6.45, 7) is 4.26. The van der Waals surface area contributed by atoms with Crippen LogP contribution in [0.5, 0.6) is 5.75 Å². The minimum absolute atomic E-state index is 0.00683. The summed E-state index contributed by atoms with van der Waals surface area (Å²) in [7, 11) is -4.77. The number of fused-ring (bicyclic) bond motifs is 1. The van der Waals surface area contributed by atoms with Crippen molar-refractivity contribution in [2.45, 2.75) is 39.7 Å². The van der Waals surface area contributed by atoms with E-state index in [0.717, 1.165) is 35.4 Å². The molecule has 0 saturated heterocycles. The zero-order valence-electron chi connectivity index (χ0n) is 25.5. The van der Waals surface area contributed by atoms with Gasteiger partial charge >= 0.3 is 19.9 Å². The molecule has 17 heteroatoms. The standard InChI is InChI=1S/C30H31N6O10P/c1-4-35(30(40)45-16-44-29(39)19-7-11-22(12-8-19)46-47(41,42)43)28(38)23-14-36-25(18(23)3)26(31-15-32-36)34-24-13-20(6-5-17(24)2)27(37)33-21-9-10-21/h5-8,11-15,21H,4,9-10,16H2,1-3H3,(H,33,37)(H,31,32,34)(H2,41,42,43). The van der Waals surface area contributed by atoms with Crippen molar-refractivity contribution >= 4 is 48.7 Å². The van der Waals surface area contributed by atoms with E-state index in [1.165, 1.54) is 29.2 Å². The largest absolute Gasteiger partial charge is 0.524 e. The number of hydrogen-bond acceptors (Lipinski definition) is 11. The van der Waals surface area contributed by atoms with Crippen LogP contribution in [0.2, 0.25) is 0 Å². The summed E-state index contributed by atoms with van der Waals surface area (Å²) < 4.78 is 26.8. The highest BCUT2D eigenvalue weighted by Gasteiger charge is 2.28. The van der Waals surface area contributed by atoms with Gasteiger partial charge in [0.2, 0.25) is 6.79 Å². The first kappa shape index (κ1) is 33.1. The van der Waals surface area contributed by atoms with Crippen molar-refractivity contribution < 1.29 is 47.5 Å². The molecule has 1 saturated carbocycles. The minimum atomic E-state index is -4.77. The van der Waals surface area contributed by atoms with Gasteiger partial charge in [-0.3, -0.25) is 19.4 Å². The molecule has 0 aliphatic heterocycles. The zero-order valence-corrected chi connectivity index (χ0v) is 26.4. The lowest BCUT2D eigenvalue weighted by molar-refractivity contribution is -0.0102. The first-order valence-corrected chi connectivity index (χ1v) is 15.9. The third kappa shape index (κ3) is 7.92. The number of aromatic nitrogens is 3. The average molecular weight is 667 g/mol. The molecular weight excluding hydrogens is 635 g/mol. The van der Waals surface area contributed by atoms with Crippen LogP contribution in [0, 0.1) is 13.8 Å². The average Bonchev–Trinajstić information content (AvgIpc) is 3.77. The van der Waals surface area contributed by atoms with Gasteiger partial charge in [-0.25, -0.2) is 28.6 Å². The van der Waals surface area contributed by atoms with Gasteiger partial charge in [0, 0.05) is 30.0 Å². The van der Waals surface area contributed by atoms with Gasteiger partial charge < -0.3 is 24.6 Å². The van der Waals surface area contributed by atoms with Gasteiger partial charge in [0.05, 0.1) is 11.1 Å². The molecule has 16 nitrogen and oxygen atoms in total. The van der Waals surface area contributed by atoms with Crippen LogP contribution in [0.3, 0.4) is 0 Å². The van der Waals surface area contributed by atoms with Crippen LogP contribution in [0.1, 0.15) is 62.0 Å². The maximum atomic E-state index is 13.5. The quantitative estimate of drug-likeness (QED) is 0.102. The summed E-state index contributed by atoms with van der Waals surface area (Å²) >= 11 is 0. The Hall–Kier alpha value is -5.31. The molecule has 1 aliphatic rings. The molecular formula is C30H31N6O10P. The number of ether oxygens (including phenoxy) is 2. The molecule has 246 valence electrons. The number of nitrogens with zero attached hydrogens (tertiary/aromatic N) is 4. The third-order valence-corrected chi connectivity index (χ3v) is 7.64. The van der Waals surface area contributed by atoms with Crippen LogP contribution in [-0.2, 0) is 14.0 Å². The van der Waals surface area contributed by atoms with E-state index in [0.29, 0.717) is 28.1 Å². The lowest BCUT2D eigenvalue weighted by Gasteiger charge is -2.18. The van der Waals surface area contributed by atoms with Crippen LogP contribution in [0.4, 0.5) is 16.3 Å². The van der Waals surface area contributed by atoms with E-state index in [1.54, 1.807) is 26.0 Å². The van der Waals surface area contributed by atoms with Crippen molar-refractivity contribution in [3.63, 3.8) is 0 Å². The predicted octanol–water partition coefficient (Wildman–Crippen LogP) is 3.87. The van der Waals surface area contributed by atoms with Gasteiger partial charge in [0.15, 0.2) is 5.82 Å². The number of imide groups is 1. The zero-order chi connectivity index (χ0) is 33.9. The van der Waals surface area contributed by atoms with Crippen LogP contribution in [0.25, 0.3) is 5.52 Å². The van der Waals surface area contributed by atoms with E-state index in [9.17, 15) is 23.7 Å². The number of aryl methyl sites for hydroxylation is 2. The van der Waals surface area contributed by atoms with E-state index >= 15 is 0 Å². The van der Waals surface area contributed by atoms with Gasteiger partial charge in [0.25, 0.3) is 11.8 Å². The molecule has 0 spiro atoms. The van der Waals surface area contributed by atoms with Crippen molar-refractivity contribution in [3.8, 4) is 5.75 Å². The fourth-order valence-electron chi connectivity index (χ4n) is 4.57. The molecule has 1 fully saturated rings. The normalized spacial score (nSPS) is 12.7. The highest BCUT2D eigenvalue weighted by atomic mass is 31.2. The number of anilines is 2. The number of phosphoric ester groups is 1. The van der Waals surface area contributed by atoms with Crippen molar-refractivity contribution in [2.24, 2.45) is 0 Å². The minimum Gasteiger partial charge on any atom is -0.424 e. The Bertz CT molecular complexity index is 1900. The molecule has 2 heterocycles. The molecule has 2 aromatic heterocycles. The number of nitrogens with one attached hydrogen (secondary N) is 2. The molecule has 47 heavy (non-hydrogen) atoms. The number of phosphoric acid groups is 1. The lowest BCUT2D eigenvalue weighted by Crippen LogP contribution is -2.37. The highest BCUT2D eigenvalue weighted by Crippen LogP contribution is 2.37. The molecule has 0 atom stereocenters. The molecule has 1 aliphatic carbocycles. The lowest BCUT2D eigenvalue weighted by atomic mass is 10.1. The van der Waals surface area contributed by atoms with Gasteiger partial charge in [-0.15, -0.1) is 0 Å². The number of carbonyl (C=O) groups excluding carboxylic acids is 4. The maximum absolute atomic E-state index is 13.5. The first-order chi connectivity index (χ1) is 22.3. The Morgan fingerprint density at radius 3 is 2.40 bits per heavy atom. The molecule has 0 bridgehead atoms. The number of amides is 3. The van der Waals surface area contributed by atoms with Gasteiger partial charge in [0.1, 0.15) is 17.6 Å². The summed E-state index contributed by atoms with van der Waals surface area (Å²) in [6, 6.07) is 10.2. The van der Waals surface area contributed by atoms with Crippen molar-refractivity contribution in [2.75, 3.05) is 18.7 Å². The smallest absolute Gasteiger partial charge is 0.424 e. The summed E-state index contributed by atoms with van der Waals surface area (Å²) in [5.74, 6) is -1.54. The van der Waals surface area contributed by atoms with Crippen molar-refractivity contribution in [1.82, 2.24) is 24.8 Å². The number of esters is 1. The summed E-state index contributed by atoms with van der Waals surface area (Å²) in [4.78, 5) is 74.2.